The lowest BCUT2D eigenvalue weighted by atomic mass is 9.99. The van der Waals surface area contributed by atoms with E-state index >= 15 is 0 Å². The lowest BCUT2D eigenvalue weighted by Crippen LogP contribution is -2.47. The molecule has 2 amide bonds. The highest BCUT2D eigenvalue weighted by Crippen LogP contribution is 2.19. The Bertz CT molecular complexity index is 359. The van der Waals surface area contributed by atoms with Gasteiger partial charge in [0.05, 0.1) is 26.7 Å². The minimum Gasteiger partial charge on any atom is -0.469 e. The number of hydrogen-bond donors (Lipinski definition) is 1. The van der Waals surface area contributed by atoms with E-state index < -0.39 is 12.0 Å². The molecule has 1 aliphatic rings. The highest BCUT2D eigenvalue weighted by Gasteiger charge is 2.27. The Morgan fingerprint density at radius 1 is 1.30 bits per heavy atom. The van der Waals surface area contributed by atoms with E-state index in [0.29, 0.717) is 0 Å². The van der Waals surface area contributed by atoms with Crippen molar-refractivity contribution in [2.75, 3.05) is 26.8 Å². The Morgan fingerprint density at radius 3 is 2.70 bits per heavy atom. The fraction of sp³-hybridized carbons (Fsp3) is 0.769. The van der Waals surface area contributed by atoms with Gasteiger partial charge in [-0.05, 0) is 26.3 Å². The number of alkyl carbamates (subject to hydrolysis) is 1. The van der Waals surface area contributed by atoms with Crippen LogP contribution in [0, 0.1) is 0 Å². The number of ether oxygens (including phenoxy) is 2. The number of likely N-dealkylation sites (tertiary alicyclic amines) is 1. The van der Waals surface area contributed by atoms with Gasteiger partial charge in [0.15, 0.2) is 0 Å². The molecule has 0 saturated carbocycles. The Kier molecular flexibility index (Phi) is 7.00. The Morgan fingerprint density at radius 2 is 2.05 bits per heavy atom. The van der Waals surface area contributed by atoms with Gasteiger partial charge in [0.1, 0.15) is 0 Å². The molecule has 0 aromatic rings. The number of carbonyl (C=O) groups excluding carboxylic acids is 3. The van der Waals surface area contributed by atoms with Crippen LogP contribution in [0.3, 0.4) is 0 Å². The number of piperidine rings is 1. The van der Waals surface area contributed by atoms with Gasteiger partial charge < -0.3 is 9.47 Å². The molecule has 114 valence electrons. The largest absolute Gasteiger partial charge is 0.469 e. The maximum Gasteiger partial charge on any atom is 0.413 e. The highest BCUT2D eigenvalue weighted by atomic mass is 16.5. The van der Waals surface area contributed by atoms with Crippen LogP contribution in [0.15, 0.2) is 0 Å². The zero-order chi connectivity index (χ0) is 15.0. The SMILES string of the molecule is CCOC(=O)NC(=O)CN1CCCCC1CC(=O)OC. The number of esters is 1. The maximum absolute atomic E-state index is 11.7. The monoisotopic (exact) mass is 286 g/mol. The van der Waals surface area contributed by atoms with Crippen molar-refractivity contribution < 1.29 is 23.9 Å². The second-order valence-electron chi connectivity index (χ2n) is 4.67. The molecular weight excluding hydrogens is 264 g/mol. The van der Waals surface area contributed by atoms with Gasteiger partial charge >= 0.3 is 12.1 Å². The van der Waals surface area contributed by atoms with Crippen LogP contribution >= 0.6 is 0 Å². The van der Waals surface area contributed by atoms with Crippen LogP contribution in [-0.4, -0.2) is 55.7 Å². The fourth-order valence-corrected chi connectivity index (χ4v) is 2.28. The van der Waals surface area contributed by atoms with Crippen LogP contribution in [0.5, 0.6) is 0 Å². The van der Waals surface area contributed by atoms with Crippen molar-refractivity contribution in [3.8, 4) is 0 Å². The minimum absolute atomic E-state index is 0.0101. The van der Waals surface area contributed by atoms with Crippen molar-refractivity contribution in [3.63, 3.8) is 0 Å². The standard InChI is InChI=1S/C13H22N2O5/c1-3-20-13(18)14-11(16)9-15-7-5-4-6-10(15)8-12(17)19-2/h10H,3-9H2,1-2H3,(H,14,16,18). The second-order valence-corrected chi connectivity index (χ2v) is 4.67. The van der Waals surface area contributed by atoms with Gasteiger partial charge in [0, 0.05) is 6.04 Å². The van der Waals surface area contributed by atoms with Crippen molar-refractivity contribution in [3.05, 3.63) is 0 Å². The van der Waals surface area contributed by atoms with Gasteiger partial charge in [0.25, 0.3) is 0 Å². The Balaban J connectivity index is 2.47. The first-order chi connectivity index (χ1) is 9.56. The first kappa shape index (κ1) is 16.4. The Hall–Kier alpha value is -1.63. The van der Waals surface area contributed by atoms with E-state index in [1.807, 2.05) is 4.90 Å². The number of nitrogens with one attached hydrogen (secondary N) is 1. The lowest BCUT2D eigenvalue weighted by Gasteiger charge is -2.34. The third kappa shape index (κ3) is 5.56. The first-order valence-corrected chi connectivity index (χ1v) is 6.84. The van der Waals surface area contributed by atoms with Crippen LogP contribution < -0.4 is 5.32 Å². The molecule has 1 aliphatic heterocycles. The number of imide groups is 1. The van der Waals surface area contributed by atoms with Crippen LogP contribution in [0.25, 0.3) is 0 Å². The molecule has 20 heavy (non-hydrogen) atoms. The molecule has 0 spiro atoms. The van der Waals surface area contributed by atoms with E-state index in [2.05, 4.69) is 14.8 Å². The molecule has 0 aromatic carbocycles. The molecule has 1 fully saturated rings. The number of rotatable bonds is 5. The van der Waals surface area contributed by atoms with Crippen LogP contribution in [0.2, 0.25) is 0 Å². The predicted octanol–water partition coefficient (Wildman–Crippen LogP) is 0.677. The zero-order valence-corrected chi connectivity index (χ0v) is 12.0. The van der Waals surface area contributed by atoms with Crippen molar-refractivity contribution >= 4 is 18.0 Å². The summed E-state index contributed by atoms with van der Waals surface area (Å²) in [5.74, 6) is -0.701. The molecule has 1 atom stereocenters. The molecule has 1 N–H and O–H groups in total. The van der Waals surface area contributed by atoms with Crippen molar-refractivity contribution in [1.29, 1.82) is 0 Å². The molecule has 1 heterocycles. The van der Waals surface area contributed by atoms with Gasteiger partial charge in [0.2, 0.25) is 5.91 Å². The number of amides is 2. The molecule has 0 radical (unpaired) electrons. The van der Waals surface area contributed by atoms with Crippen molar-refractivity contribution in [2.24, 2.45) is 0 Å². The van der Waals surface area contributed by atoms with E-state index in [1.165, 1.54) is 7.11 Å². The second kappa shape index (κ2) is 8.52. The summed E-state index contributed by atoms with van der Waals surface area (Å²) in [6.07, 6.45) is 2.38. The third-order valence-corrected chi connectivity index (χ3v) is 3.24. The van der Waals surface area contributed by atoms with E-state index in [1.54, 1.807) is 6.92 Å². The van der Waals surface area contributed by atoms with Gasteiger partial charge in [-0.15, -0.1) is 0 Å². The molecule has 0 aromatic heterocycles. The molecule has 1 saturated heterocycles. The Labute approximate surface area is 118 Å². The summed E-state index contributed by atoms with van der Waals surface area (Å²) < 4.78 is 9.31. The molecule has 7 heteroatoms. The zero-order valence-electron chi connectivity index (χ0n) is 12.0. The van der Waals surface area contributed by atoms with Crippen molar-refractivity contribution in [2.45, 2.75) is 38.6 Å². The quantitative estimate of drug-likeness (QED) is 0.748. The molecule has 0 bridgehead atoms. The first-order valence-electron chi connectivity index (χ1n) is 6.84. The van der Waals surface area contributed by atoms with Gasteiger partial charge in [-0.1, -0.05) is 6.42 Å². The van der Waals surface area contributed by atoms with Gasteiger partial charge in [-0.25, -0.2) is 4.79 Å². The van der Waals surface area contributed by atoms with Gasteiger partial charge in [-0.2, -0.15) is 0 Å². The summed E-state index contributed by atoms with van der Waals surface area (Å²) in [6.45, 7) is 2.70. The number of hydrogen-bond acceptors (Lipinski definition) is 6. The van der Waals surface area contributed by atoms with Crippen LogP contribution in [0.4, 0.5) is 4.79 Å². The third-order valence-electron chi connectivity index (χ3n) is 3.24. The topological polar surface area (TPSA) is 84.9 Å². The highest BCUT2D eigenvalue weighted by molar-refractivity contribution is 5.92. The predicted molar refractivity (Wildman–Crippen MR) is 71.0 cm³/mol. The number of methoxy groups -OCH3 is 1. The average Bonchev–Trinajstić information content (AvgIpc) is 2.40. The molecule has 1 unspecified atom stereocenters. The fourth-order valence-electron chi connectivity index (χ4n) is 2.28. The maximum atomic E-state index is 11.7. The summed E-state index contributed by atoms with van der Waals surface area (Å²) in [6, 6.07) is -0.0101. The van der Waals surface area contributed by atoms with Crippen molar-refractivity contribution in [1.82, 2.24) is 10.2 Å². The number of carbonyl (C=O) groups is 3. The summed E-state index contributed by atoms with van der Waals surface area (Å²) in [4.78, 5) is 36.1. The van der Waals surface area contributed by atoms with Crippen LogP contribution in [-0.2, 0) is 19.1 Å². The molecule has 0 aliphatic carbocycles. The number of nitrogens with zero attached hydrogens (tertiary/aromatic N) is 1. The summed E-state index contributed by atoms with van der Waals surface area (Å²) in [5, 5.41) is 2.16. The lowest BCUT2D eigenvalue weighted by molar-refractivity contribution is -0.143. The smallest absolute Gasteiger partial charge is 0.413 e. The summed E-state index contributed by atoms with van der Waals surface area (Å²) >= 11 is 0. The van der Waals surface area contributed by atoms with E-state index in [0.717, 1.165) is 25.8 Å². The summed E-state index contributed by atoms with van der Waals surface area (Å²) in [7, 11) is 1.35. The normalized spacial score (nSPS) is 19.2. The molecule has 1 rings (SSSR count). The molecular formula is C13H22N2O5. The molecule has 7 nitrogen and oxygen atoms in total. The van der Waals surface area contributed by atoms with E-state index in [-0.39, 0.29) is 31.6 Å². The minimum atomic E-state index is -0.737. The van der Waals surface area contributed by atoms with E-state index in [9.17, 15) is 14.4 Å². The van der Waals surface area contributed by atoms with Gasteiger partial charge in [-0.3, -0.25) is 19.8 Å². The summed E-state index contributed by atoms with van der Waals surface area (Å²) in [5.41, 5.74) is 0. The van der Waals surface area contributed by atoms with Crippen LogP contribution in [0.1, 0.15) is 32.6 Å². The van der Waals surface area contributed by atoms with E-state index in [4.69, 9.17) is 0 Å². The average molecular weight is 286 g/mol.